The van der Waals surface area contributed by atoms with Crippen LogP contribution in [0, 0.1) is 0 Å². The lowest BCUT2D eigenvalue weighted by atomic mass is 10.3. The SMILES string of the molecule is CCO[Si](CCCSC(=O)CCCC[SiH3])(OCC)OCC. The second-order valence-corrected chi connectivity index (χ2v) is 9.65. The Hall–Kier alpha value is 0.334. The van der Waals surface area contributed by atoms with Crippen molar-refractivity contribution in [3.05, 3.63) is 0 Å². The highest BCUT2D eigenvalue weighted by Gasteiger charge is 2.39. The van der Waals surface area contributed by atoms with E-state index in [-0.39, 0.29) is 0 Å². The van der Waals surface area contributed by atoms with E-state index in [4.69, 9.17) is 13.3 Å². The summed E-state index contributed by atoms with van der Waals surface area (Å²) in [7, 11) is -1.28. The largest absolute Gasteiger partial charge is 0.500 e. The Morgan fingerprint density at radius 1 is 1.00 bits per heavy atom. The topological polar surface area (TPSA) is 44.8 Å². The van der Waals surface area contributed by atoms with Crippen LogP contribution < -0.4 is 0 Å². The molecule has 0 fully saturated rings. The summed E-state index contributed by atoms with van der Waals surface area (Å²) in [6.07, 6.45) is 3.87. The zero-order valence-electron chi connectivity index (χ0n) is 14.1. The second-order valence-electron chi connectivity index (χ2n) is 4.76. The van der Waals surface area contributed by atoms with Gasteiger partial charge in [0.2, 0.25) is 0 Å². The highest BCUT2D eigenvalue weighted by atomic mass is 32.2. The van der Waals surface area contributed by atoms with Crippen LogP contribution >= 0.6 is 11.8 Å². The molecule has 126 valence electrons. The summed E-state index contributed by atoms with van der Waals surface area (Å²) in [5, 5.41) is 0.321. The average Bonchev–Trinajstić information content (AvgIpc) is 2.45. The van der Waals surface area contributed by atoms with Crippen molar-refractivity contribution < 1.29 is 18.1 Å². The molecule has 0 aromatic heterocycles. The van der Waals surface area contributed by atoms with Gasteiger partial charge in [-0.05, 0) is 33.6 Å². The Labute approximate surface area is 138 Å². The number of rotatable bonds is 14. The number of hydrogen-bond donors (Lipinski definition) is 0. The van der Waals surface area contributed by atoms with Crippen molar-refractivity contribution in [3.63, 3.8) is 0 Å². The van der Waals surface area contributed by atoms with Crippen molar-refractivity contribution in [2.75, 3.05) is 25.6 Å². The summed E-state index contributed by atoms with van der Waals surface area (Å²) in [4.78, 5) is 11.7. The lowest BCUT2D eigenvalue weighted by molar-refractivity contribution is -0.111. The van der Waals surface area contributed by atoms with Crippen LogP contribution in [0.1, 0.15) is 46.5 Å². The summed E-state index contributed by atoms with van der Waals surface area (Å²) in [5.74, 6) is 0.835. The maximum Gasteiger partial charge on any atom is 0.500 e. The number of carbonyl (C=O) groups excluding carboxylic acids is 1. The Morgan fingerprint density at radius 2 is 1.57 bits per heavy atom. The van der Waals surface area contributed by atoms with Crippen LogP contribution in [-0.4, -0.2) is 49.7 Å². The normalized spacial score (nSPS) is 12.0. The first-order valence-electron chi connectivity index (χ1n) is 8.21. The third kappa shape index (κ3) is 10.6. The molecule has 0 heterocycles. The number of thioether (sulfide) groups is 1. The van der Waals surface area contributed by atoms with E-state index in [0.717, 1.165) is 31.1 Å². The molecule has 0 spiro atoms. The molecule has 0 saturated carbocycles. The molecule has 0 aromatic carbocycles. The van der Waals surface area contributed by atoms with Crippen LogP contribution in [-0.2, 0) is 18.1 Å². The van der Waals surface area contributed by atoms with Crippen molar-refractivity contribution in [2.45, 2.75) is 58.5 Å². The number of hydrogen-bond acceptors (Lipinski definition) is 5. The van der Waals surface area contributed by atoms with Gasteiger partial charge in [-0.25, -0.2) is 0 Å². The molecular formula is C14H32O4SSi2. The van der Waals surface area contributed by atoms with E-state index in [0.29, 0.717) is 24.9 Å². The van der Waals surface area contributed by atoms with Crippen LogP contribution in [0.2, 0.25) is 12.1 Å². The minimum absolute atomic E-state index is 0.321. The van der Waals surface area contributed by atoms with Gasteiger partial charge in [-0.15, -0.1) is 0 Å². The van der Waals surface area contributed by atoms with Crippen LogP contribution in [0.5, 0.6) is 0 Å². The predicted octanol–water partition coefficient (Wildman–Crippen LogP) is 2.64. The van der Waals surface area contributed by atoms with Crippen molar-refractivity contribution in [3.8, 4) is 0 Å². The van der Waals surface area contributed by atoms with Crippen LogP contribution in [0.25, 0.3) is 0 Å². The Balaban J connectivity index is 4.03. The summed E-state index contributed by atoms with van der Waals surface area (Å²) >= 11 is 1.45. The minimum Gasteiger partial charge on any atom is -0.374 e. The Morgan fingerprint density at radius 3 is 2.05 bits per heavy atom. The summed E-state index contributed by atoms with van der Waals surface area (Å²) < 4.78 is 17.4. The van der Waals surface area contributed by atoms with Gasteiger partial charge in [-0.1, -0.05) is 24.2 Å². The van der Waals surface area contributed by atoms with E-state index in [1.807, 2.05) is 20.8 Å². The van der Waals surface area contributed by atoms with Crippen LogP contribution in [0.3, 0.4) is 0 Å². The van der Waals surface area contributed by atoms with Crippen LogP contribution in [0.15, 0.2) is 0 Å². The molecule has 0 atom stereocenters. The Kier molecular flexibility index (Phi) is 14.2. The van der Waals surface area contributed by atoms with Crippen LogP contribution in [0.4, 0.5) is 0 Å². The molecule has 0 saturated heterocycles. The summed E-state index contributed by atoms with van der Waals surface area (Å²) in [5.41, 5.74) is 0. The van der Waals surface area contributed by atoms with Gasteiger partial charge < -0.3 is 13.3 Å². The molecule has 0 aromatic rings. The van der Waals surface area contributed by atoms with Crippen molar-refractivity contribution in [1.82, 2.24) is 0 Å². The standard InChI is InChI=1S/C14H32O4SSi2/c1-4-16-21(17-5-2,18-6-3)13-9-11-19-14(15)10-7-8-12-20/h4-13H2,1-3,20H3. The van der Waals surface area contributed by atoms with Gasteiger partial charge in [-0.3, -0.25) is 4.79 Å². The smallest absolute Gasteiger partial charge is 0.374 e. The van der Waals surface area contributed by atoms with Gasteiger partial charge in [0.05, 0.1) is 0 Å². The molecule has 0 unspecified atom stereocenters. The van der Waals surface area contributed by atoms with Crippen molar-refractivity contribution >= 4 is 35.9 Å². The first-order chi connectivity index (χ1) is 10.1. The lowest BCUT2D eigenvalue weighted by Crippen LogP contribution is -2.46. The first kappa shape index (κ1) is 21.3. The van der Waals surface area contributed by atoms with E-state index in [9.17, 15) is 4.79 Å². The molecular weight excluding hydrogens is 320 g/mol. The highest BCUT2D eigenvalue weighted by Crippen LogP contribution is 2.20. The molecule has 21 heavy (non-hydrogen) atoms. The summed E-state index contributed by atoms with van der Waals surface area (Å²) in [6.45, 7) is 7.73. The number of carbonyl (C=O) groups is 1. The zero-order valence-corrected chi connectivity index (χ0v) is 17.9. The molecule has 4 nitrogen and oxygen atoms in total. The molecule has 0 aliphatic heterocycles. The monoisotopic (exact) mass is 352 g/mol. The van der Waals surface area contributed by atoms with Gasteiger partial charge in [0.25, 0.3) is 0 Å². The Bertz CT molecular complexity index is 250. The fourth-order valence-electron chi connectivity index (χ4n) is 2.07. The maximum absolute atomic E-state index is 11.7. The summed E-state index contributed by atoms with van der Waals surface area (Å²) in [6, 6.07) is 2.09. The first-order valence-corrected chi connectivity index (χ1v) is 12.5. The van der Waals surface area contributed by atoms with Gasteiger partial charge in [-0.2, -0.15) is 0 Å². The molecule has 0 rings (SSSR count). The number of unbranched alkanes of at least 4 members (excludes halogenated alkanes) is 1. The highest BCUT2D eigenvalue weighted by molar-refractivity contribution is 8.13. The third-order valence-corrected chi connectivity index (χ3v) is 7.84. The van der Waals surface area contributed by atoms with E-state index in [1.165, 1.54) is 34.5 Å². The molecule has 0 amide bonds. The van der Waals surface area contributed by atoms with Gasteiger partial charge in [0.1, 0.15) is 0 Å². The zero-order chi connectivity index (χ0) is 16.0. The molecule has 0 radical (unpaired) electrons. The van der Waals surface area contributed by atoms with Crippen molar-refractivity contribution in [2.24, 2.45) is 0 Å². The predicted molar refractivity (Wildman–Crippen MR) is 96.1 cm³/mol. The minimum atomic E-state index is -2.52. The van der Waals surface area contributed by atoms with Gasteiger partial charge >= 0.3 is 8.80 Å². The van der Waals surface area contributed by atoms with E-state index < -0.39 is 8.80 Å². The average molecular weight is 353 g/mol. The second kappa shape index (κ2) is 14.0. The fraction of sp³-hybridized carbons (Fsp3) is 0.929. The molecule has 7 heteroatoms. The molecule has 0 N–H and O–H groups in total. The van der Waals surface area contributed by atoms with E-state index >= 15 is 0 Å². The third-order valence-electron chi connectivity index (χ3n) is 2.97. The van der Waals surface area contributed by atoms with E-state index in [2.05, 4.69) is 0 Å². The molecule has 0 aliphatic carbocycles. The quantitative estimate of drug-likeness (QED) is 0.355. The molecule has 0 bridgehead atoms. The van der Waals surface area contributed by atoms with Gasteiger partial charge in [0.15, 0.2) is 5.12 Å². The maximum atomic E-state index is 11.7. The van der Waals surface area contributed by atoms with Gasteiger partial charge in [0, 0.05) is 48.3 Å². The molecule has 0 aliphatic rings. The lowest BCUT2D eigenvalue weighted by Gasteiger charge is -2.28. The van der Waals surface area contributed by atoms with E-state index in [1.54, 1.807) is 0 Å². The van der Waals surface area contributed by atoms with Crippen molar-refractivity contribution in [1.29, 1.82) is 0 Å². The fourth-order valence-corrected chi connectivity index (χ4v) is 6.24.